The molecule has 0 spiro atoms. The van der Waals surface area contributed by atoms with Gasteiger partial charge in [0.25, 0.3) is 0 Å². The summed E-state index contributed by atoms with van der Waals surface area (Å²) in [7, 11) is 0. The number of benzene rings is 1. The van der Waals surface area contributed by atoms with Gasteiger partial charge < -0.3 is 14.0 Å². The fraction of sp³-hybridized carbons (Fsp3) is 0.333. The number of hydrogen-bond acceptors (Lipinski definition) is 4. The van der Waals surface area contributed by atoms with E-state index in [0.717, 1.165) is 22.7 Å². The van der Waals surface area contributed by atoms with Gasteiger partial charge in [0.05, 0.1) is 5.57 Å². The van der Waals surface area contributed by atoms with Crippen LogP contribution in [-0.4, -0.2) is 29.5 Å². The lowest BCUT2D eigenvalue weighted by Gasteiger charge is -2.17. The summed E-state index contributed by atoms with van der Waals surface area (Å²) in [6.07, 6.45) is 1.75. The van der Waals surface area contributed by atoms with Crippen molar-refractivity contribution in [1.82, 2.24) is 4.57 Å². The summed E-state index contributed by atoms with van der Waals surface area (Å²) in [4.78, 5) is 24.8. The van der Waals surface area contributed by atoms with Gasteiger partial charge in [-0.2, -0.15) is 0 Å². The molecule has 0 saturated heterocycles. The van der Waals surface area contributed by atoms with E-state index in [1.54, 1.807) is 6.08 Å². The van der Waals surface area contributed by atoms with E-state index in [2.05, 4.69) is 18.4 Å². The van der Waals surface area contributed by atoms with Crippen LogP contribution in [0.1, 0.15) is 47.2 Å². The number of ketones is 1. The summed E-state index contributed by atoms with van der Waals surface area (Å²) in [5, 5.41) is 0. The fourth-order valence-corrected chi connectivity index (χ4v) is 3.39. The van der Waals surface area contributed by atoms with Gasteiger partial charge in [0.15, 0.2) is 6.61 Å². The van der Waals surface area contributed by atoms with Crippen molar-refractivity contribution in [2.75, 3.05) is 13.2 Å². The lowest BCUT2D eigenvalue weighted by molar-refractivity contribution is -0.138. The lowest BCUT2D eigenvalue weighted by Crippen LogP contribution is -2.20. The molecule has 0 atom stereocenters. The molecule has 1 aromatic heterocycles. The first kappa shape index (κ1) is 18.0. The van der Waals surface area contributed by atoms with E-state index < -0.39 is 5.97 Å². The number of fused-ring (bicyclic) bond motifs is 1. The first-order valence-electron chi connectivity index (χ1n) is 8.69. The molecule has 0 fully saturated rings. The molecule has 0 saturated carbocycles. The van der Waals surface area contributed by atoms with Crippen LogP contribution in [0, 0.1) is 13.8 Å². The van der Waals surface area contributed by atoms with Crippen LogP contribution < -0.4 is 4.74 Å². The van der Waals surface area contributed by atoms with Gasteiger partial charge in [0.2, 0.25) is 5.78 Å². The molecule has 0 unspecified atom stereocenters. The normalized spacial score (nSPS) is 13.0. The zero-order chi connectivity index (χ0) is 18.8. The van der Waals surface area contributed by atoms with Crippen LogP contribution in [0.25, 0.3) is 6.08 Å². The van der Waals surface area contributed by atoms with Crippen molar-refractivity contribution >= 4 is 17.8 Å². The molecule has 1 aliphatic rings. The van der Waals surface area contributed by atoms with E-state index in [1.807, 2.05) is 44.2 Å². The second kappa shape index (κ2) is 7.20. The van der Waals surface area contributed by atoms with Gasteiger partial charge in [-0.3, -0.25) is 4.79 Å². The van der Waals surface area contributed by atoms with Crippen LogP contribution in [0.5, 0.6) is 5.75 Å². The molecule has 5 nitrogen and oxygen atoms in total. The number of Topliss-reactive ketones (excluding diaryl/α,β-unsaturated/α-hetero) is 1. The number of esters is 1. The summed E-state index contributed by atoms with van der Waals surface area (Å²) >= 11 is 0. The Morgan fingerprint density at radius 1 is 1.23 bits per heavy atom. The number of rotatable bonds is 5. The Balaban J connectivity index is 1.68. The number of carbonyl (C=O) groups excluding carboxylic acids is 2. The van der Waals surface area contributed by atoms with Gasteiger partial charge in [0, 0.05) is 28.6 Å². The van der Waals surface area contributed by atoms with Gasteiger partial charge in [-0.05, 0) is 45.9 Å². The standard InChI is InChI=1S/C21H23NO4/c1-13(2)22-14(3)9-18(15(22)4)19(23)12-26-21(24)17-10-16-7-5-6-8-20(16)25-11-17/h5-10,13H,11-12H2,1-4H3. The number of aromatic nitrogens is 1. The van der Waals surface area contributed by atoms with E-state index in [-0.39, 0.29) is 25.0 Å². The Morgan fingerprint density at radius 3 is 2.65 bits per heavy atom. The van der Waals surface area contributed by atoms with Gasteiger partial charge in [0.1, 0.15) is 12.4 Å². The van der Waals surface area contributed by atoms with E-state index in [1.165, 1.54) is 0 Å². The number of nitrogens with zero attached hydrogens (tertiary/aromatic N) is 1. The molecular formula is C21H23NO4. The van der Waals surface area contributed by atoms with E-state index >= 15 is 0 Å². The number of para-hydroxylation sites is 1. The zero-order valence-electron chi connectivity index (χ0n) is 15.5. The van der Waals surface area contributed by atoms with E-state index in [9.17, 15) is 9.59 Å². The Labute approximate surface area is 153 Å². The summed E-state index contributed by atoms with van der Waals surface area (Å²) in [5.74, 6) is 0.0165. The minimum atomic E-state index is -0.523. The smallest absolute Gasteiger partial charge is 0.337 e. The van der Waals surface area contributed by atoms with Gasteiger partial charge in [-0.1, -0.05) is 18.2 Å². The minimum absolute atomic E-state index is 0.145. The monoisotopic (exact) mass is 353 g/mol. The van der Waals surface area contributed by atoms with E-state index in [0.29, 0.717) is 11.1 Å². The maximum absolute atomic E-state index is 12.5. The average Bonchev–Trinajstić information content (AvgIpc) is 2.93. The summed E-state index contributed by atoms with van der Waals surface area (Å²) in [6, 6.07) is 9.59. The molecule has 2 aromatic rings. The molecule has 0 aliphatic carbocycles. The molecule has 5 heteroatoms. The van der Waals surface area contributed by atoms with Crippen LogP contribution >= 0.6 is 0 Å². The zero-order valence-corrected chi connectivity index (χ0v) is 15.5. The van der Waals surface area contributed by atoms with Crippen molar-refractivity contribution in [1.29, 1.82) is 0 Å². The van der Waals surface area contributed by atoms with Crippen molar-refractivity contribution in [2.45, 2.75) is 33.7 Å². The lowest BCUT2D eigenvalue weighted by atomic mass is 10.1. The van der Waals surface area contributed by atoms with Crippen molar-refractivity contribution in [3.63, 3.8) is 0 Å². The molecule has 1 aromatic carbocycles. The summed E-state index contributed by atoms with van der Waals surface area (Å²) in [6.45, 7) is 7.89. The largest absolute Gasteiger partial charge is 0.488 e. The fourth-order valence-electron chi connectivity index (χ4n) is 3.39. The third-order valence-corrected chi connectivity index (χ3v) is 4.53. The van der Waals surface area contributed by atoms with Crippen LogP contribution in [0.2, 0.25) is 0 Å². The van der Waals surface area contributed by atoms with Crippen molar-refractivity contribution in [2.24, 2.45) is 0 Å². The highest BCUT2D eigenvalue weighted by Crippen LogP contribution is 2.26. The predicted octanol–water partition coefficient (Wildman–Crippen LogP) is 3.89. The molecule has 0 N–H and O–H groups in total. The number of hydrogen-bond donors (Lipinski definition) is 0. The van der Waals surface area contributed by atoms with Crippen LogP contribution in [0.4, 0.5) is 0 Å². The maximum Gasteiger partial charge on any atom is 0.337 e. The molecule has 1 aliphatic heterocycles. The molecule has 0 amide bonds. The highest BCUT2D eigenvalue weighted by atomic mass is 16.5. The third-order valence-electron chi connectivity index (χ3n) is 4.53. The Morgan fingerprint density at radius 2 is 1.96 bits per heavy atom. The van der Waals surface area contributed by atoms with Crippen LogP contribution in [0.15, 0.2) is 35.9 Å². The maximum atomic E-state index is 12.5. The summed E-state index contributed by atoms with van der Waals surface area (Å²) in [5.41, 5.74) is 3.75. The van der Waals surface area contributed by atoms with Crippen molar-refractivity contribution in [3.05, 3.63) is 58.4 Å². The Kier molecular flexibility index (Phi) is 4.98. The number of ether oxygens (including phenoxy) is 2. The highest BCUT2D eigenvalue weighted by molar-refractivity contribution is 6.01. The second-order valence-electron chi connectivity index (χ2n) is 6.74. The molecule has 2 heterocycles. The Bertz CT molecular complexity index is 889. The second-order valence-corrected chi connectivity index (χ2v) is 6.74. The summed E-state index contributed by atoms with van der Waals surface area (Å²) < 4.78 is 12.9. The first-order valence-corrected chi connectivity index (χ1v) is 8.69. The number of aryl methyl sites for hydroxylation is 1. The number of carbonyl (C=O) groups is 2. The molecule has 0 bridgehead atoms. The third kappa shape index (κ3) is 3.43. The van der Waals surface area contributed by atoms with Gasteiger partial charge in [-0.15, -0.1) is 0 Å². The van der Waals surface area contributed by atoms with Gasteiger partial charge >= 0.3 is 5.97 Å². The first-order chi connectivity index (χ1) is 12.4. The van der Waals surface area contributed by atoms with Crippen molar-refractivity contribution < 1.29 is 19.1 Å². The molecule has 0 radical (unpaired) electrons. The highest BCUT2D eigenvalue weighted by Gasteiger charge is 2.21. The van der Waals surface area contributed by atoms with Gasteiger partial charge in [-0.25, -0.2) is 4.79 Å². The molecule has 136 valence electrons. The molecule has 3 rings (SSSR count). The van der Waals surface area contributed by atoms with E-state index in [4.69, 9.17) is 9.47 Å². The van der Waals surface area contributed by atoms with Crippen molar-refractivity contribution in [3.8, 4) is 5.75 Å². The topological polar surface area (TPSA) is 57.5 Å². The predicted molar refractivity (Wildman–Crippen MR) is 99.5 cm³/mol. The minimum Gasteiger partial charge on any atom is -0.488 e. The molecule has 26 heavy (non-hydrogen) atoms. The van der Waals surface area contributed by atoms with Crippen LogP contribution in [0.3, 0.4) is 0 Å². The SMILES string of the molecule is Cc1cc(C(=O)COC(=O)C2=Cc3ccccc3OC2)c(C)n1C(C)C. The average molecular weight is 353 g/mol. The Hall–Kier alpha value is -2.82. The molecular weight excluding hydrogens is 330 g/mol. The quantitative estimate of drug-likeness (QED) is 0.604. The van der Waals surface area contributed by atoms with Crippen LogP contribution in [-0.2, 0) is 9.53 Å².